The van der Waals surface area contributed by atoms with Gasteiger partial charge in [-0.25, -0.2) is 9.96 Å². The molecular weight excluding hydrogens is 436 g/mol. The van der Waals surface area contributed by atoms with Crippen LogP contribution in [0.2, 0.25) is 0 Å². The van der Waals surface area contributed by atoms with Gasteiger partial charge in [-0.2, -0.15) is 0 Å². The predicted molar refractivity (Wildman–Crippen MR) is 128 cm³/mol. The lowest BCUT2D eigenvalue weighted by molar-refractivity contribution is -0.126. The normalized spacial score (nSPS) is 22.2. The van der Waals surface area contributed by atoms with E-state index in [9.17, 15) is 9.59 Å². The molecule has 5 rings (SSSR count). The number of benzene rings is 2. The summed E-state index contributed by atoms with van der Waals surface area (Å²) in [6, 6.07) is 20.3. The SMILES string of the molecule is CCCCCOc1ccc(N2C(=O)[C@H]3[C@H](ON(c4ccccc4)[C@@H]3c3cccs3)C2=O)cc1. The molecule has 2 saturated heterocycles. The second-order valence-corrected chi connectivity index (χ2v) is 9.21. The van der Waals surface area contributed by atoms with Crippen LogP contribution in [0, 0.1) is 5.92 Å². The zero-order chi connectivity index (χ0) is 22.8. The summed E-state index contributed by atoms with van der Waals surface area (Å²) in [6.07, 6.45) is 2.42. The number of ether oxygens (including phenoxy) is 1. The third-order valence-corrected chi connectivity index (χ3v) is 7.02. The van der Waals surface area contributed by atoms with Crippen LogP contribution in [-0.2, 0) is 14.4 Å². The van der Waals surface area contributed by atoms with Crippen molar-refractivity contribution in [2.45, 2.75) is 38.3 Å². The van der Waals surface area contributed by atoms with Gasteiger partial charge in [0.25, 0.3) is 5.91 Å². The van der Waals surface area contributed by atoms with E-state index in [1.54, 1.807) is 28.5 Å². The highest BCUT2D eigenvalue weighted by atomic mass is 32.1. The van der Waals surface area contributed by atoms with E-state index in [4.69, 9.17) is 9.57 Å². The van der Waals surface area contributed by atoms with Gasteiger partial charge in [0, 0.05) is 4.88 Å². The van der Waals surface area contributed by atoms with Gasteiger partial charge in [0.1, 0.15) is 17.7 Å². The Bertz CT molecular complexity index is 1100. The molecule has 0 unspecified atom stereocenters. The minimum atomic E-state index is -0.852. The molecule has 0 N–H and O–H groups in total. The van der Waals surface area contributed by atoms with E-state index in [0.29, 0.717) is 12.3 Å². The summed E-state index contributed by atoms with van der Waals surface area (Å²) in [6.45, 7) is 2.81. The smallest absolute Gasteiger partial charge is 0.266 e. The molecule has 0 bridgehead atoms. The minimum absolute atomic E-state index is 0.238. The molecule has 1 aromatic heterocycles. The number of hydrogen-bond donors (Lipinski definition) is 0. The Morgan fingerprint density at radius 1 is 0.909 bits per heavy atom. The molecule has 0 radical (unpaired) electrons. The van der Waals surface area contributed by atoms with Gasteiger partial charge < -0.3 is 4.74 Å². The van der Waals surface area contributed by atoms with Gasteiger partial charge in [-0.3, -0.25) is 14.4 Å². The topological polar surface area (TPSA) is 59.1 Å². The van der Waals surface area contributed by atoms with Crippen molar-refractivity contribution in [3.63, 3.8) is 0 Å². The number of nitrogens with zero attached hydrogens (tertiary/aromatic N) is 2. The average Bonchev–Trinajstić information content (AvgIpc) is 3.55. The molecule has 2 aliphatic heterocycles. The highest BCUT2D eigenvalue weighted by Crippen LogP contribution is 2.48. The number of unbranched alkanes of at least 4 members (excludes halogenated alkanes) is 2. The first-order chi connectivity index (χ1) is 16.2. The summed E-state index contributed by atoms with van der Waals surface area (Å²) in [5.41, 5.74) is 1.36. The minimum Gasteiger partial charge on any atom is -0.494 e. The number of imide groups is 1. The summed E-state index contributed by atoms with van der Waals surface area (Å²) in [5.74, 6) is -0.446. The second-order valence-electron chi connectivity index (χ2n) is 8.23. The van der Waals surface area contributed by atoms with Crippen LogP contribution in [0.15, 0.2) is 72.1 Å². The maximum absolute atomic E-state index is 13.6. The maximum Gasteiger partial charge on any atom is 0.266 e. The first kappa shape index (κ1) is 21.7. The van der Waals surface area contributed by atoms with E-state index in [1.165, 1.54) is 4.90 Å². The maximum atomic E-state index is 13.6. The van der Waals surface area contributed by atoms with Crippen LogP contribution in [0.25, 0.3) is 0 Å². The van der Waals surface area contributed by atoms with Crippen LogP contribution >= 0.6 is 11.3 Å². The van der Waals surface area contributed by atoms with E-state index in [0.717, 1.165) is 35.6 Å². The van der Waals surface area contributed by atoms with Crippen molar-refractivity contribution in [3.8, 4) is 5.75 Å². The lowest BCUT2D eigenvalue weighted by Crippen LogP contribution is -2.37. The van der Waals surface area contributed by atoms with E-state index in [-0.39, 0.29) is 17.9 Å². The number of carbonyl (C=O) groups excluding carboxylic acids is 2. The molecule has 33 heavy (non-hydrogen) atoms. The Kier molecular flexibility index (Phi) is 6.15. The molecule has 2 fully saturated rings. The van der Waals surface area contributed by atoms with Crippen molar-refractivity contribution >= 4 is 34.5 Å². The number of fused-ring (bicyclic) bond motifs is 1. The highest BCUT2D eigenvalue weighted by molar-refractivity contribution is 7.10. The summed E-state index contributed by atoms with van der Waals surface area (Å²) in [4.78, 5) is 35.3. The van der Waals surface area contributed by atoms with Crippen molar-refractivity contribution in [2.24, 2.45) is 5.92 Å². The number of hydrogen-bond acceptors (Lipinski definition) is 6. The van der Waals surface area contributed by atoms with Gasteiger partial charge in [0.2, 0.25) is 5.91 Å². The van der Waals surface area contributed by atoms with Crippen LogP contribution in [-0.4, -0.2) is 24.5 Å². The zero-order valence-corrected chi connectivity index (χ0v) is 19.2. The van der Waals surface area contributed by atoms with Gasteiger partial charge in [0.05, 0.1) is 18.0 Å². The molecule has 0 saturated carbocycles. The number of anilines is 2. The predicted octanol–water partition coefficient (Wildman–Crippen LogP) is 5.37. The quantitative estimate of drug-likeness (QED) is 0.333. The number of carbonyl (C=O) groups is 2. The molecule has 6 nitrogen and oxygen atoms in total. The first-order valence-corrected chi connectivity index (χ1v) is 12.2. The monoisotopic (exact) mass is 462 g/mol. The van der Waals surface area contributed by atoms with Crippen LogP contribution in [0.3, 0.4) is 0 Å². The van der Waals surface area contributed by atoms with E-state index in [2.05, 4.69) is 6.92 Å². The van der Waals surface area contributed by atoms with Gasteiger partial charge in [0.15, 0.2) is 6.10 Å². The molecule has 3 aromatic rings. The fourth-order valence-corrected chi connectivity index (χ4v) is 5.30. The molecule has 0 spiro atoms. The average molecular weight is 463 g/mol. The first-order valence-electron chi connectivity index (χ1n) is 11.3. The molecule has 3 heterocycles. The van der Waals surface area contributed by atoms with Gasteiger partial charge in [-0.05, 0) is 54.3 Å². The summed E-state index contributed by atoms with van der Waals surface area (Å²) in [7, 11) is 0. The van der Waals surface area contributed by atoms with Crippen LogP contribution in [0.1, 0.15) is 37.1 Å². The number of para-hydroxylation sites is 1. The fourth-order valence-electron chi connectivity index (χ4n) is 4.45. The number of rotatable bonds is 8. The Morgan fingerprint density at radius 2 is 1.70 bits per heavy atom. The summed E-state index contributed by atoms with van der Waals surface area (Å²) in [5, 5.41) is 3.70. The molecule has 170 valence electrons. The van der Waals surface area contributed by atoms with E-state index in [1.807, 2.05) is 60.0 Å². The molecule has 7 heteroatoms. The van der Waals surface area contributed by atoms with E-state index >= 15 is 0 Å². The Labute approximate surface area is 197 Å². The summed E-state index contributed by atoms with van der Waals surface area (Å²) < 4.78 is 5.76. The highest BCUT2D eigenvalue weighted by Gasteiger charge is 2.60. The molecular formula is C26H26N2O4S. The van der Waals surface area contributed by atoms with Crippen molar-refractivity contribution in [3.05, 3.63) is 77.0 Å². The van der Waals surface area contributed by atoms with Crippen LogP contribution in [0.4, 0.5) is 11.4 Å². The van der Waals surface area contributed by atoms with Crippen LogP contribution < -0.4 is 14.7 Å². The Hall–Kier alpha value is -3.16. The van der Waals surface area contributed by atoms with Crippen LogP contribution in [0.5, 0.6) is 5.75 Å². The number of amides is 2. The van der Waals surface area contributed by atoms with E-state index < -0.39 is 12.0 Å². The molecule has 3 atom stereocenters. The van der Waals surface area contributed by atoms with Crippen molar-refractivity contribution in [1.29, 1.82) is 0 Å². The zero-order valence-electron chi connectivity index (χ0n) is 18.4. The third-order valence-electron chi connectivity index (χ3n) is 6.07. The van der Waals surface area contributed by atoms with Gasteiger partial charge >= 0.3 is 0 Å². The fraction of sp³-hybridized carbons (Fsp3) is 0.308. The van der Waals surface area contributed by atoms with Gasteiger partial charge in [-0.15, -0.1) is 11.3 Å². The molecule has 2 amide bonds. The lowest BCUT2D eigenvalue weighted by atomic mass is 9.95. The largest absolute Gasteiger partial charge is 0.494 e. The Morgan fingerprint density at radius 3 is 2.39 bits per heavy atom. The second kappa shape index (κ2) is 9.37. The number of thiophene rings is 1. The number of hydroxylamine groups is 1. The standard InChI is InChI=1S/C26H26N2O4S/c1-2-3-7-16-31-20-14-12-18(13-15-20)27-25(29)22-23(21-11-8-17-33-21)28(32-24(22)26(27)30)19-9-5-4-6-10-19/h4-6,8-15,17,22-24H,2-3,7,16H2,1H3/t22-,23-,24+/m1/s1. The van der Waals surface area contributed by atoms with Gasteiger partial charge in [-0.1, -0.05) is 44.0 Å². The summed E-state index contributed by atoms with van der Waals surface area (Å²) >= 11 is 1.56. The molecule has 2 aliphatic rings. The lowest BCUT2D eigenvalue weighted by Gasteiger charge is -2.27. The third kappa shape index (κ3) is 4.03. The van der Waals surface area contributed by atoms with Crippen molar-refractivity contribution in [1.82, 2.24) is 0 Å². The van der Waals surface area contributed by atoms with Crippen molar-refractivity contribution in [2.75, 3.05) is 16.6 Å². The molecule has 0 aliphatic carbocycles. The molecule has 2 aromatic carbocycles. The Balaban J connectivity index is 1.39. The van der Waals surface area contributed by atoms with Crippen molar-refractivity contribution < 1.29 is 19.2 Å².